The molecule has 0 unspecified atom stereocenters. The van der Waals surface area contributed by atoms with Gasteiger partial charge < -0.3 is 10.1 Å². The van der Waals surface area contributed by atoms with Crippen molar-refractivity contribution < 1.29 is 10.1 Å². The topological polar surface area (TPSA) is 38.7 Å². The summed E-state index contributed by atoms with van der Waals surface area (Å²) in [5, 5.41) is 2.21. The first kappa shape index (κ1) is 13.1. The monoisotopic (exact) mass is 307 g/mol. The summed E-state index contributed by atoms with van der Waals surface area (Å²) in [6.07, 6.45) is 1.82. The molecule has 18 heavy (non-hydrogen) atoms. The third kappa shape index (κ3) is 3.55. The van der Waals surface area contributed by atoms with Gasteiger partial charge in [-0.05, 0) is 30.3 Å². The lowest BCUT2D eigenvalue weighted by Crippen LogP contribution is -2.80. The number of hydrogen-bond donors (Lipinski definition) is 1. The van der Waals surface area contributed by atoms with E-state index in [0.717, 1.165) is 29.0 Å². The number of aromatic nitrogens is 1. The summed E-state index contributed by atoms with van der Waals surface area (Å²) < 4.78 is 6.42. The Hall–Kier alpha value is -1.39. The molecule has 0 saturated carbocycles. The number of rotatable bonds is 5. The summed E-state index contributed by atoms with van der Waals surface area (Å²) in [6, 6.07) is 12.0. The van der Waals surface area contributed by atoms with Gasteiger partial charge in [-0.15, -0.1) is 0 Å². The zero-order valence-corrected chi connectivity index (χ0v) is 11.9. The van der Waals surface area contributed by atoms with Crippen LogP contribution in [-0.4, -0.2) is 12.1 Å². The van der Waals surface area contributed by atoms with Crippen molar-refractivity contribution >= 4 is 15.9 Å². The fourth-order valence-electron chi connectivity index (χ4n) is 1.80. The standard InChI is InChI=1S/C14H15BrN2O/c1-18-14-6-5-12(15)8-11(14)9-16-10-13-4-2-3-7-17-13/h2-8,16H,9-10H2,1H3/p+1. The third-order valence-electron chi connectivity index (χ3n) is 2.69. The first-order chi connectivity index (χ1) is 8.79. The van der Waals surface area contributed by atoms with E-state index >= 15 is 0 Å². The maximum absolute atomic E-state index is 5.35. The van der Waals surface area contributed by atoms with Crippen molar-refractivity contribution in [3.05, 3.63) is 58.3 Å². The largest absolute Gasteiger partial charge is 0.496 e. The number of methoxy groups -OCH3 is 1. The van der Waals surface area contributed by atoms with E-state index < -0.39 is 0 Å². The Balaban J connectivity index is 1.96. The molecule has 94 valence electrons. The lowest BCUT2D eigenvalue weighted by atomic mass is 10.2. The van der Waals surface area contributed by atoms with Crippen molar-refractivity contribution in [2.45, 2.75) is 13.1 Å². The van der Waals surface area contributed by atoms with Crippen LogP contribution >= 0.6 is 15.9 Å². The number of pyridine rings is 1. The van der Waals surface area contributed by atoms with Crippen LogP contribution in [-0.2, 0) is 13.1 Å². The quantitative estimate of drug-likeness (QED) is 0.919. The smallest absolute Gasteiger partial charge is 0.127 e. The molecule has 1 aromatic heterocycles. The maximum atomic E-state index is 5.35. The molecule has 0 radical (unpaired) electrons. The summed E-state index contributed by atoms with van der Waals surface area (Å²) in [7, 11) is 1.70. The molecule has 0 amide bonds. The molecule has 0 atom stereocenters. The molecule has 0 fully saturated rings. The molecule has 2 N–H and O–H groups in total. The molecule has 0 aliphatic heterocycles. The van der Waals surface area contributed by atoms with Crippen LogP contribution < -0.4 is 10.1 Å². The maximum Gasteiger partial charge on any atom is 0.127 e. The number of halogens is 1. The highest BCUT2D eigenvalue weighted by Crippen LogP contribution is 2.21. The molecule has 0 saturated heterocycles. The van der Waals surface area contributed by atoms with E-state index in [1.807, 2.05) is 36.5 Å². The van der Waals surface area contributed by atoms with Gasteiger partial charge in [-0.2, -0.15) is 0 Å². The van der Waals surface area contributed by atoms with E-state index in [2.05, 4.69) is 32.3 Å². The van der Waals surface area contributed by atoms with Gasteiger partial charge in [0.2, 0.25) is 0 Å². The summed E-state index contributed by atoms with van der Waals surface area (Å²) in [4.78, 5) is 4.30. The van der Waals surface area contributed by atoms with Crippen LogP contribution in [0.4, 0.5) is 0 Å². The molecule has 3 nitrogen and oxygen atoms in total. The fraction of sp³-hybridized carbons (Fsp3) is 0.214. The first-order valence-electron chi connectivity index (χ1n) is 5.83. The SMILES string of the molecule is COc1ccc(Br)cc1C[NH2+]Cc1ccccn1. The summed E-state index contributed by atoms with van der Waals surface area (Å²) in [6.45, 7) is 1.75. The number of nitrogens with zero attached hydrogens (tertiary/aromatic N) is 1. The molecule has 0 aliphatic carbocycles. The van der Waals surface area contributed by atoms with Crippen molar-refractivity contribution in [2.75, 3.05) is 7.11 Å². The summed E-state index contributed by atoms with van der Waals surface area (Å²) >= 11 is 3.48. The van der Waals surface area contributed by atoms with Crippen molar-refractivity contribution in [1.29, 1.82) is 0 Å². The van der Waals surface area contributed by atoms with Gasteiger partial charge in [0, 0.05) is 16.2 Å². The first-order valence-corrected chi connectivity index (χ1v) is 6.63. The van der Waals surface area contributed by atoms with Gasteiger partial charge in [0.25, 0.3) is 0 Å². The highest BCUT2D eigenvalue weighted by molar-refractivity contribution is 9.10. The number of hydrogen-bond acceptors (Lipinski definition) is 2. The number of ether oxygens (including phenoxy) is 1. The Bertz CT molecular complexity index is 502. The van der Waals surface area contributed by atoms with Crippen molar-refractivity contribution in [2.24, 2.45) is 0 Å². The predicted octanol–water partition coefficient (Wildman–Crippen LogP) is 2.12. The van der Waals surface area contributed by atoms with E-state index in [9.17, 15) is 0 Å². The van der Waals surface area contributed by atoms with Crippen LogP contribution in [0.25, 0.3) is 0 Å². The normalized spacial score (nSPS) is 10.3. The molecule has 2 rings (SSSR count). The van der Waals surface area contributed by atoms with Gasteiger partial charge in [0.15, 0.2) is 0 Å². The molecule has 0 bridgehead atoms. The van der Waals surface area contributed by atoms with E-state index in [0.29, 0.717) is 0 Å². The highest BCUT2D eigenvalue weighted by Gasteiger charge is 2.05. The van der Waals surface area contributed by atoms with Crippen LogP contribution in [0.3, 0.4) is 0 Å². The molecule has 4 heteroatoms. The Morgan fingerprint density at radius 2 is 2.11 bits per heavy atom. The molecule has 2 aromatic rings. The van der Waals surface area contributed by atoms with Crippen LogP contribution in [0.1, 0.15) is 11.3 Å². The lowest BCUT2D eigenvalue weighted by molar-refractivity contribution is -0.686. The second-order valence-corrected chi connectivity index (χ2v) is 4.89. The molecular formula is C14H16BrN2O+. The van der Waals surface area contributed by atoms with Gasteiger partial charge >= 0.3 is 0 Å². The van der Waals surface area contributed by atoms with Crippen LogP contribution in [0, 0.1) is 0 Å². The van der Waals surface area contributed by atoms with Gasteiger partial charge in [0.05, 0.1) is 12.8 Å². The van der Waals surface area contributed by atoms with Crippen molar-refractivity contribution in [1.82, 2.24) is 4.98 Å². The minimum Gasteiger partial charge on any atom is -0.496 e. The minimum atomic E-state index is 0.872. The van der Waals surface area contributed by atoms with E-state index in [1.165, 1.54) is 5.56 Å². The number of nitrogens with two attached hydrogens (primary N) is 1. The average Bonchev–Trinajstić information content (AvgIpc) is 2.40. The number of benzene rings is 1. The van der Waals surface area contributed by atoms with Gasteiger partial charge in [-0.3, -0.25) is 4.98 Å². The van der Waals surface area contributed by atoms with Gasteiger partial charge in [-0.25, -0.2) is 0 Å². The average molecular weight is 308 g/mol. The molecular weight excluding hydrogens is 292 g/mol. The highest BCUT2D eigenvalue weighted by atomic mass is 79.9. The van der Waals surface area contributed by atoms with Crippen LogP contribution in [0.2, 0.25) is 0 Å². The zero-order chi connectivity index (χ0) is 12.8. The third-order valence-corrected chi connectivity index (χ3v) is 3.18. The summed E-state index contributed by atoms with van der Waals surface area (Å²) in [5.41, 5.74) is 2.27. The minimum absolute atomic E-state index is 0.872. The van der Waals surface area contributed by atoms with Crippen molar-refractivity contribution in [3.63, 3.8) is 0 Å². The van der Waals surface area contributed by atoms with E-state index in [-0.39, 0.29) is 0 Å². The predicted molar refractivity (Wildman–Crippen MR) is 74.3 cm³/mol. The Labute approximate surface area is 115 Å². The van der Waals surface area contributed by atoms with E-state index in [4.69, 9.17) is 4.74 Å². The summed E-state index contributed by atoms with van der Waals surface area (Å²) in [5.74, 6) is 0.926. The molecule has 0 spiro atoms. The second-order valence-electron chi connectivity index (χ2n) is 3.97. The molecule has 1 heterocycles. The van der Waals surface area contributed by atoms with E-state index in [1.54, 1.807) is 7.11 Å². The lowest BCUT2D eigenvalue weighted by Gasteiger charge is -2.08. The zero-order valence-electron chi connectivity index (χ0n) is 10.3. The number of quaternary nitrogens is 1. The fourth-order valence-corrected chi connectivity index (χ4v) is 2.21. The van der Waals surface area contributed by atoms with Crippen LogP contribution in [0.5, 0.6) is 5.75 Å². The Kier molecular flexibility index (Phi) is 4.73. The van der Waals surface area contributed by atoms with Gasteiger partial charge in [-0.1, -0.05) is 22.0 Å². The Morgan fingerprint density at radius 1 is 1.22 bits per heavy atom. The van der Waals surface area contributed by atoms with Crippen molar-refractivity contribution in [3.8, 4) is 5.75 Å². The Morgan fingerprint density at radius 3 is 2.83 bits per heavy atom. The molecule has 0 aliphatic rings. The second kappa shape index (κ2) is 6.52. The van der Waals surface area contributed by atoms with Gasteiger partial charge in [0.1, 0.15) is 18.8 Å². The molecule has 1 aromatic carbocycles. The van der Waals surface area contributed by atoms with Crippen LogP contribution in [0.15, 0.2) is 47.1 Å².